The van der Waals surface area contributed by atoms with Gasteiger partial charge in [-0.25, -0.2) is 0 Å². The number of aromatic nitrogens is 1. The number of hydrogen-bond donors (Lipinski definition) is 3. The summed E-state index contributed by atoms with van der Waals surface area (Å²) in [6.07, 6.45) is 4.73. The number of aliphatic imine (C=N–C) groups is 1. The average Bonchev–Trinajstić information content (AvgIpc) is 2.26. The fraction of sp³-hybridized carbons (Fsp3) is 0.100. The molecule has 16 heavy (non-hydrogen) atoms. The Morgan fingerprint density at radius 2 is 2.25 bits per heavy atom. The van der Waals surface area contributed by atoms with Gasteiger partial charge in [0.2, 0.25) is 0 Å². The Morgan fingerprint density at radius 1 is 1.56 bits per heavy atom. The van der Waals surface area contributed by atoms with E-state index in [1.165, 1.54) is 10.8 Å². The Balaban J connectivity index is 3.32. The predicted molar refractivity (Wildman–Crippen MR) is 69.1 cm³/mol. The van der Waals surface area contributed by atoms with Gasteiger partial charge < -0.3 is 11.5 Å². The van der Waals surface area contributed by atoms with Crippen LogP contribution in [0.2, 0.25) is 0 Å². The quantitative estimate of drug-likeness (QED) is 0.500. The van der Waals surface area contributed by atoms with Crippen LogP contribution in [0.1, 0.15) is 5.56 Å². The first kappa shape index (κ1) is 12.1. The normalized spacial score (nSPS) is 11.9. The van der Waals surface area contributed by atoms with Gasteiger partial charge in [-0.3, -0.25) is 15.0 Å². The summed E-state index contributed by atoms with van der Waals surface area (Å²) < 4.78 is 1.40. The summed E-state index contributed by atoms with van der Waals surface area (Å²) in [7, 11) is 1.66. The first-order valence-electron chi connectivity index (χ1n) is 4.51. The molecule has 1 rings (SSSR count). The fourth-order valence-corrected chi connectivity index (χ4v) is 1.36. The first-order chi connectivity index (χ1) is 7.60. The largest absolute Gasteiger partial charge is 0.404 e. The van der Waals surface area contributed by atoms with Crippen molar-refractivity contribution in [2.24, 2.45) is 16.5 Å². The number of hydrogen-bond acceptors (Lipinski definition) is 4. The van der Waals surface area contributed by atoms with Crippen LogP contribution in [0.25, 0.3) is 5.57 Å². The third-order valence-electron chi connectivity index (χ3n) is 1.97. The van der Waals surface area contributed by atoms with Gasteiger partial charge in [0, 0.05) is 36.8 Å². The molecule has 0 spiro atoms. The van der Waals surface area contributed by atoms with E-state index in [4.69, 9.17) is 29.1 Å². The molecule has 0 radical (unpaired) electrons. The van der Waals surface area contributed by atoms with Crippen molar-refractivity contribution in [2.45, 2.75) is 0 Å². The first-order valence-corrected chi connectivity index (χ1v) is 4.92. The summed E-state index contributed by atoms with van der Waals surface area (Å²) in [5.41, 5.74) is 12.7. The second-order valence-corrected chi connectivity index (χ2v) is 3.44. The van der Waals surface area contributed by atoms with Crippen molar-refractivity contribution in [3.8, 4) is 0 Å². The lowest BCUT2D eigenvalue weighted by Crippen LogP contribution is -2.30. The Morgan fingerprint density at radius 3 is 2.75 bits per heavy atom. The van der Waals surface area contributed by atoms with Crippen molar-refractivity contribution in [1.29, 1.82) is 5.41 Å². The highest BCUT2D eigenvalue weighted by Gasteiger charge is 2.01. The van der Waals surface area contributed by atoms with E-state index >= 15 is 0 Å². The molecular weight excluding hydrogens is 222 g/mol. The van der Waals surface area contributed by atoms with Crippen LogP contribution in [0.4, 0.5) is 0 Å². The third kappa shape index (κ3) is 2.54. The van der Waals surface area contributed by atoms with Crippen LogP contribution in [0.3, 0.4) is 0 Å². The maximum Gasteiger partial charge on any atom is 0.176 e. The molecule has 0 saturated carbocycles. The van der Waals surface area contributed by atoms with E-state index in [1.54, 1.807) is 31.6 Å². The SMILES string of the molecule is CN=CC(=CN)c1ccc(=N)n(C(N)=S)c1. The molecule has 0 aromatic carbocycles. The van der Waals surface area contributed by atoms with Gasteiger partial charge in [0.1, 0.15) is 5.49 Å². The molecule has 1 aromatic rings. The van der Waals surface area contributed by atoms with Crippen LogP contribution in [0.15, 0.2) is 29.5 Å². The van der Waals surface area contributed by atoms with Crippen LogP contribution in [-0.2, 0) is 0 Å². The molecule has 0 aliphatic carbocycles. The monoisotopic (exact) mass is 235 g/mol. The van der Waals surface area contributed by atoms with Crippen molar-refractivity contribution in [2.75, 3.05) is 7.05 Å². The number of thiocarbonyl (C=S) groups is 1. The van der Waals surface area contributed by atoms with Crippen LogP contribution >= 0.6 is 12.2 Å². The van der Waals surface area contributed by atoms with Gasteiger partial charge in [-0.15, -0.1) is 0 Å². The number of rotatable bonds is 2. The van der Waals surface area contributed by atoms with Crippen molar-refractivity contribution in [3.05, 3.63) is 35.6 Å². The van der Waals surface area contributed by atoms with E-state index in [0.717, 1.165) is 11.1 Å². The van der Waals surface area contributed by atoms with Gasteiger partial charge in [0.15, 0.2) is 5.11 Å². The second kappa shape index (κ2) is 5.22. The third-order valence-corrected chi connectivity index (χ3v) is 2.16. The number of nitrogens with zero attached hydrogens (tertiary/aromatic N) is 2. The van der Waals surface area contributed by atoms with Crippen LogP contribution < -0.4 is 17.0 Å². The van der Waals surface area contributed by atoms with Crippen molar-refractivity contribution >= 4 is 29.1 Å². The van der Waals surface area contributed by atoms with Crippen LogP contribution in [-0.4, -0.2) is 22.9 Å². The molecule has 1 heterocycles. The molecular formula is C10H13N5S. The summed E-state index contributed by atoms with van der Waals surface area (Å²) in [6, 6.07) is 3.36. The summed E-state index contributed by atoms with van der Waals surface area (Å²) in [5, 5.41) is 7.73. The summed E-state index contributed by atoms with van der Waals surface area (Å²) >= 11 is 4.83. The Hall–Kier alpha value is -1.95. The molecule has 0 amide bonds. The van der Waals surface area contributed by atoms with Gasteiger partial charge in [0.05, 0.1) is 0 Å². The van der Waals surface area contributed by atoms with Gasteiger partial charge in [-0.05, 0) is 24.4 Å². The molecule has 0 atom stereocenters. The minimum atomic E-state index is 0.122. The summed E-state index contributed by atoms with van der Waals surface area (Å²) in [6.45, 7) is 0. The van der Waals surface area contributed by atoms with Gasteiger partial charge >= 0.3 is 0 Å². The molecule has 5 nitrogen and oxygen atoms in total. The predicted octanol–water partition coefficient (Wildman–Crippen LogP) is 0.0595. The highest BCUT2D eigenvalue weighted by Crippen LogP contribution is 2.08. The number of pyridine rings is 1. The zero-order chi connectivity index (χ0) is 12.1. The van der Waals surface area contributed by atoms with E-state index < -0.39 is 0 Å². The number of allylic oxidation sites excluding steroid dienone is 1. The van der Waals surface area contributed by atoms with Crippen molar-refractivity contribution in [3.63, 3.8) is 0 Å². The maximum absolute atomic E-state index is 7.61. The molecule has 0 unspecified atom stereocenters. The highest BCUT2D eigenvalue weighted by molar-refractivity contribution is 7.80. The lowest BCUT2D eigenvalue weighted by Gasteiger charge is -2.07. The fourth-order valence-electron chi connectivity index (χ4n) is 1.21. The molecule has 84 valence electrons. The van der Waals surface area contributed by atoms with Crippen LogP contribution in [0, 0.1) is 5.41 Å². The van der Waals surface area contributed by atoms with Crippen molar-refractivity contribution in [1.82, 2.24) is 4.57 Å². The molecule has 0 fully saturated rings. The van der Waals surface area contributed by atoms with E-state index in [-0.39, 0.29) is 10.6 Å². The maximum atomic E-state index is 7.61. The van der Waals surface area contributed by atoms with Gasteiger partial charge in [-0.1, -0.05) is 0 Å². The molecule has 0 aliphatic rings. The molecule has 1 aromatic heterocycles. The van der Waals surface area contributed by atoms with E-state index in [1.807, 2.05) is 0 Å². The van der Waals surface area contributed by atoms with E-state index in [0.29, 0.717) is 0 Å². The topological polar surface area (TPSA) is 93.2 Å². The minimum Gasteiger partial charge on any atom is -0.404 e. The second-order valence-electron chi connectivity index (χ2n) is 3.02. The van der Waals surface area contributed by atoms with Crippen LogP contribution in [0.5, 0.6) is 0 Å². The lowest BCUT2D eigenvalue weighted by atomic mass is 10.1. The summed E-state index contributed by atoms with van der Waals surface area (Å²) in [5.74, 6) is 0. The average molecular weight is 235 g/mol. The standard InChI is InChI=1S/C10H13N5S/c1-14-5-8(4-11)7-2-3-9(12)15(6-7)10(13)16/h2-6,12H,11H2,1H3,(H2,13,16). The zero-order valence-electron chi connectivity index (χ0n) is 8.84. The smallest absolute Gasteiger partial charge is 0.176 e. The minimum absolute atomic E-state index is 0.122. The molecule has 0 saturated heterocycles. The Labute approximate surface area is 98.6 Å². The Kier molecular flexibility index (Phi) is 3.96. The lowest BCUT2D eigenvalue weighted by molar-refractivity contribution is 0.975. The molecule has 0 bridgehead atoms. The molecule has 5 N–H and O–H groups in total. The molecule has 6 heteroatoms. The van der Waals surface area contributed by atoms with E-state index in [2.05, 4.69) is 4.99 Å². The highest BCUT2D eigenvalue weighted by atomic mass is 32.1. The Bertz CT molecular complexity index is 512. The zero-order valence-corrected chi connectivity index (χ0v) is 9.66. The number of nitrogens with two attached hydrogens (primary N) is 2. The molecule has 0 aliphatic heterocycles. The van der Waals surface area contributed by atoms with E-state index in [9.17, 15) is 0 Å². The summed E-state index contributed by atoms with van der Waals surface area (Å²) in [4.78, 5) is 3.89. The van der Waals surface area contributed by atoms with Gasteiger partial charge in [-0.2, -0.15) is 0 Å². The number of nitrogens with one attached hydrogen (secondary N) is 1. The van der Waals surface area contributed by atoms with Crippen molar-refractivity contribution < 1.29 is 0 Å². The van der Waals surface area contributed by atoms with Gasteiger partial charge in [0.25, 0.3) is 0 Å².